The molecule has 6 nitrogen and oxygen atoms in total. The van der Waals surface area contributed by atoms with E-state index in [4.69, 9.17) is 5.11 Å². The lowest BCUT2D eigenvalue weighted by Crippen LogP contribution is -2.45. The van der Waals surface area contributed by atoms with E-state index in [-0.39, 0.29) is 24.2 Å². The molecule has 0 aromatic heterocycles. The molecule has 0 radical (unpaired) electrons. The van der Waals surface area contributed by atoms with Gasteiger partial charge in [-0.3, -0.25) is 9.59 Å². The first kappa shape index (κ1) is 20.9. The van der Waals surface area contributed by atoms with E-state index < -0.39 is 5.97 Å². The minimum atomic E-state index is -0.860. The molecule has 27 heavy (non-hydrogen) atoms. The van der Waals surface area contributed by atoms with Crippen LogP contribution in [0.4, 0.5) is 4.79 Å². The fourth-order valence-corrected chi connectivity index (χ4v) is 3.40. The van der Waals surface area contributed by atoms with Crippen LogP contribution in [0, 0.1) is 11.8 Å². The van der Waals surface area contributed by atoms with Gasteiger partial charge in [-0.25, -0.2) is 4.79 Å². The second kappa shape index (κ2) is 10.1. The van der Waals surface area contributed by atoms with Crippen LogP contribution in [0.25, 0.3) is 0 Å². The number of urea groups is 1. The van der Waals surface area contributed by atoms with Crippen molar-refractivity contribution in [2.45, 2.75) is 46.0 Å². The summed E-state index contributed by atoms with van der Waals surface area (Å²) in [4.78, 5) is 37.0. The number of nitrogens with one attached hydrogen (secondary N) is 1. The fraction of sp³-hybridized carbons (Fsp3) is 0.571. The van der Waals surface area contributed by atoms with Crippen molar-refractivity contribution in [1.82, 2.24) is 10.2 Å². The molecule has 6 heteroatoms. The van der Waals surface area contributed by atoms with E-state index >= 15 is 0 Å². The molecule has 0 spiro atoms. The van der Waals surface area contributed by atoms with Crippen LogP contribution >= 0.6 is 0 Å². The normalized spacial score (nSPS) is 15.0. The number of amides is 2. The van der Waals surface area contributed by atoms with Crippen molar-refractivity contribution >= 4 is 17.8 Å². The van der Waals surface area contributed by atoms with E-state index in [0.29, 0.717) is 44.8 Å². The molecule has 2 N–H and O–H groups in total. The van der Waals surface area contributed by atoms with Crippen LogP contribution in [0.1, 0.15) is 55.5 Å². The van der Waals surface area contributed by atoms with Gasteiger partial charge >= 0.3 is 12.0 Å². The van der Waals surface area contributed by atoms with Crippen LogP contribution in [0.5, 0.6) is 0 Å². The molecule has 0 unspecified atom stereocenters. The summed E-state index contributed by atoms with van der Waals surface area (Å²) in [7, 11) is 0. The second-order valence-corrected chi connectivity index (χ2v) is 7.65. The van der Waals surface area contributed by atoms with Gasteiger partial charge in [0.15, 0.2) is 5.78 Å². The number of benzene rings is 1. The number of rotatable bonds is 8. The predicted molar refractivity (Wildman–Crippen MR) is 104 cm³/mol. The first-order chi connectivity index (χ1) is 12.9. The molecule has 1 heterocycles. The van der Waals surface area contributed by atoms with Crippen LogP contribution < -0.4 is 5.32 Å². The molecule has 1 aliphatic rings. The summed E-state index contributed by atoms with van der Waals surface area (Å²) in [6.07, 6.45) is 2.80. The number of aliphatic carboxylic acids is 1. The number of nitrogens with zero attached hydrogens (tertiary/aromatic N) is 1. The van der Waals surface area contributed by atoms with Crippen LogP contribution in [-0.2, 0) is 11.2 Å². The number of likely N-dealkylation sites (tertiary alicyclic amines) is 1. The maximum atomic E-state index is 12.7. The van der Waals surface area contributed by atoms with Gasteiger partial charge in [0.05, 0.1) is 0 Å². The van der Waals surface area contributed by atoms with Gasteiger partial charge in [-0.1, -0.05) is 38.1 Å². The number of piperidine rings is 1. The Bertz CT molecular complexity index is 647. The first-order valence-corrected chi connectivity index (χ1v) is 9.74. The van der Waals surface area contributed by atoms with Crippen molar-refractivity contribution in [2.75, 3.05) is 19.6 Å². The summed E-state index contributed by atoms with van der Waals surface area (Å²) in [6.45, 7) is 5.80. The highest BCUT2D eigenvalue weighted by atomic mass is 16.4. The lowest BCUT2D eigenvalue weighted by Gasteiger charge is -2.31. The molecule has 0 bridgehead atoms. The summed E-state index contributed by atoms with van der Waals surface area (Å²) in [5.74, 6) is -0.156. The molecule has 0 aliphatic carbocycles. The quantitative estimate of drug-likeness (QED) is 0.540. The van der Waals surface area contributed by atoms with Gasteiger partial charge in [0.1, 0.15) is 0 Å². The Hall–Kier alpha value is -2.37. The van der Waals surface area contributed by atoms with Crippen molar-refractivity contribution in [3.63, 3.8) is 0 Å². The molecule has 2 amide bonds. The number of hydrogen-bond donors (Lipinski definition) is 2. The molecule has 2 rings (SSSR count). The van der Waals surface area contributed by atoms with Gasteiger partial charge in [-0.15, -0.1) is 0 Å². The van der Waals surface area contributed by atoms with Crippen molar-refractivity contribution in [3.8, 4) is 0 Å². The average molecular weight is 374 g/mol. The van der Waals surface area contributed by atoms with Gasteiger partial charge in [0, 0.05) is 37.5 Å². The number of carbonyl (C=O) groups is 3. The van der Waals surface area contributed by atoms with Crippen molar-refractivity contribution < 1.29 is 19.5 Å². The SMILES string of the molecule is CC(C)Cc1ccc(C(=O)C2CCN(C(=O)NCCCC(=O)O)CC2)cc1. The minimum Gasteiger partial charge on any atom is -0.481 e. The molecular weight excluding hydrogens is 344 g/mol. The maximum absolute atomic E-state index is 12.7. The summed E-state index contributed by atoms with van der Waals surface area (Å²) in [5, 5.41) is 11.3. The Morgan fingerprint density at radius 2 is 1.78 bits per heavy atom. The van der Waals surface area contributed by atoms with E-state index in [1.54, 1.807) is 4.90 Å². The molecule has 1 aromatic rings. The van der Waals surface area contributed by atoms with E-state index in [1.807, 2.05) is 24.3 Å². The topological polar surface area (TPSA) is 86.7 Å². The van der Waals surface area contributed by atoms with Crippen molar-refractivity contribution in [1.29, 1.82) is 0 Å². The molecule has 1 aromatic carbocycles. The van der Waals surface area contributed by atoms with Crippen LogP contribution in [-0.4, -0.2) is 47.4 Å². The minimum absolute atomic E-state index is 0.0444. The molecule has 1 fully saturated rings. The maximum Gasteiger partial charge on any atom is 0.317 e. The monoisotopic (exact) mass is 374 g/mol. The Balaban J connectivity index is 1.78. The first-order valence-electron chi connectivity index (χ1n) is 9.74. The molecule has 1 aliphatic heterocycles. The molecular formula is C21H30N2O4. The Labute approximate surface area is 160 Å². The third-order valence-electron chi connectivity index (χ3n) is 4.88. The van der Waals surface area contributed by atoms with Crippen LogP contribution in [0.3, 0.4) is 0 Å². The summed E-state index contributed by atoms with van der Waals surface area (Å²) in [5.41, 5.74) is 2.00. The number of carboxylic acids is 1. The van der Waals surface area contributed by atoms with E-state index in [1.165, 1.54) is 5.56 Å². The Morgan fingerprint density at radius 3 is 2.33 bits per heavy atom. The smallest absolute Gasteiger partial charge is 0.317 e. The van der Waals surface area contributed by atoms with Crippen molar-refractivity contribution in [2.24, 2.45) is 11.8 Å². The Morgan fingerprint density at radius 1 is 1.15 bits per heavy atom. The predicted octanol–water partition coefficient (Wildman–Crippen LogP) is 3.35. The van der Waals surface area contributed by atoms with Gasteiger partial charge in [-0.05, 0) is 37.2 Å². The zero-order valence-corrected chi connectivity index (χ0v) is 16.2. The summed E-state index contributed by atoms with van der Waals surface area (Å²) in [6, 6.07) is 7.73. The van der Waals surface area contributed by atoms with Crippen LogP contribution in [0.15, 0.2) is 24.3 Å². The number of carbonyl (C=O) groups excluding carboxylic acids is 2. The lowest BCUT2D eigenvalue weighted by molar-refractivity contribution is -0.137. The van der Waals surface area contributed by atoms with Gasteiger partial charge in [0.25, 0.3) is 0 Å². The highest BCUT2D eigenvalue weighted by molar-refractivity contribution is 5.98. The highest BCUT2D eigenvalue weighted by Crippen LogP contribution is 2.22. The van der Waals surface area contributed by atoms with E-state index in [2.05, 4.69) is 19.2 Å². The second-order valence-electron chi connectivity index (χ2n) is 7.65. The zero-order valence-electron chi connectivity index (χ0n) is 16.2. The largest absolute Gasteiger partial charge is 0.481 e. The van der Waals surface area contributed by atoms with E-state index in [0.717, 1.165) is 12.0 Å². The van der Waals surface area contributed by atoms with Gasteiger partial charge < -0.3 is 15.3 Å². The van der Waals surface area contributed by atoms with E-state index in [9.17, 15) is 14.4 Å². The summed E-state index contributed by atoms with van der Waals surface area (Å²) < 4.78 is 0. The molecule has 1 saturated heterocycles. The molecule has 0 saturated carbocycles. The lowest BCUT2D eigenvalue weighted by atomic mass is 9.88. The van der Waals surface area contributed by atoms with Gasteiger partial charge in [-0.2, -0.15) is 0 Å². The highest BCUT2D eigenvalue weighted by Gasteiger charge is 2.27. The number of hydrogen-bond acceptors (Lipinski definition) is 3. The number of Topliss-reactive ketones (excluding diaryl/α,β-unsaturated/α-hetero) is 1. The molecule has 148 valence electrons. The fourth-order valence-electron chi connectivity index (χ4n) is 3.40. The average Bonchev–Trinajstić information content (AvgIpc) is 2.64. The Kier molecular flexibility index (Phi) is 7.82. The zero-order chi connectivity index (χ0) is 19.8. The van der Waals surface area contributed by atoms with Crippen molar-refractivity contribution in [3.05, 3.63) is 35.4 Å². The third-order valence-corrected chi connectivity index (χ3v) is 4.88. The number of ketones is 1. The number of carboxylic acid groups (broad SMARTS) is 1. The molecule has 0 atom stereocenters. The van der Waals surface area contributed by atoms with Gasteiger partial charge in [0.2, 0.25) is 0 Å². The van der Waals surface area contributed by atoms with Crippen LogP contribution in [0.2, 0.25) is 0 Å². The third kappa shape index (κ3) is 6.70. The standard InChI is InChI=1S/C21H30N2O4/c1-15(2)14-16-5-7-17(8-6-16)20(26)18-9-12-23(13-10-18)21(27)22-11-3-4-19(24)25/h5-8,15,18H,3-4,9-14H2,1-2H3,(H,22,27)(H,24,25). The summed E-state index contributed by atoms with van der Waals surface area (Å²) >= 11 is 0.